The number of anilines is 1. The molecule has 21 heavy (non-hydrogen) atoms. The van der Waals surface area contributed by atoms with Crippen molar-refractivity contribution in [1.82, 2.24) is 0 Å². The fourth-order valence-electron chi connectivity index (χ4n) is 1.67. The van der Waals surface area contributed by atoms with Crippen LogP contribution in [0.4, 0.5) is 5.69 Å². The maximum absolute atomic E-state index is 12.2. The quantitative estimate of drug-likeness (QED) is 0.595. The number of thioether (sulfide) groups is 1. The summed E-state index contributed by atoms with van der Waals surface area (Å²) in [5.41, 5.74) is 6.40. The largest absolute Gasteiger partial charge is 0.398 e. The van der Waals surface area contributed by atoms with Crippen molar-refractivity contribution in [2.45, 2.75) is 9.79 Å². The monoisotopic (exact) mass is 405 g/mol. The summed E-state index contributed by atoms with van der Waals surface area (Å²) < 4.78 is 25.2. The van der Waals surface area contributed by atoms with Crippen LogP contribution in [0.5, 0.6) is 0 Å². The molecular weight excluding hydrogens is 394 g/mol. The molecule has 3 nitrogen and oxygen atoms in total. The highest BCUT2D eigenvalue weighted by molar-refractivity contribution is 9.10. The molecule has 0 heterocycles. The van der Waals surface area contributed by atoms with Gasteiger partial charge in [-0.1, -0.05) is 27.5 Å². The molecule has 0 saturated heterocycles. The maximum Gasteiger partial charge on any atom is 0.179 e. The van der Waals surface area contributed by atoms with E-state index < -0.39 is 9.84 Å². The predicted octanol–water partition coefficient (Wildman–Crippen LogP) is 4.25. The molecular formula is C14H13BrClNO2S2. The van der Waals surface area contributed by atoms with Crippen molar-refractivity contribution < 1.29 is 8.42 Å². The number of nitrogen functional groups attached to an aromatic ring is 1. The van der Waals surface area contributed by atoms with E-state index in [0.717, 1.165) is 9.37 Å². The van der Waals surface area contributed by atoms with Gasteiger partial charge in [0, 0.05) is 25.8 Å². The van der Waals surface area contributed by atoms with Gasteiger partial charge in [-0.25, -0.2) is 8.42 Å². The van der Waals surface area contributed by atoms with Gasteiger partial charge in [0.2, 0.25) is 0 Å². The second-order valence-corrected chi connectivity index (χ2v) is 8.90. The van der Waals surface area contributed by atoms with Crippen molar-refractivity contribution in [3.8, 4) is 0 Å². The number of rotatable bonds is 5. The number of halogens is 2. The van der Waals surface area contributed by atoms with Crippen molar-refractivity contribution in [3.63, 3.8) is 0 Å². The summed E-state index contributed by atoms with van der Waals surface area (Å²) in [6.45, 7) is 0. The highest BCUT2D eigenvalue weighted by Crippen LogP contribution is 2.28. The zero-order valence-corrected chi connectivity index (χ0v) is 14.9. The summed E-state index contributed by atoms with van der Waals surface area (Å²) in [7, 11) is -3.28. The Morgan fingerprint density at radius 3 is 2.43 bits per heavy atom. The molecule has 2 N–H and O–H groups in total. The van der Waals surface area contributed by atoms with Crippen LogP contribution in [0.3, 0.4) is 0 Å². The summed E-state index contributed by atoms with van der Waals surface area (Å²) in [5, 5.41) is 0.569. The molecule has 7 heteroatoms. The molecule has 0 fully saturated rings. The Kier molecular flexibility index (Phi) is 5.60. The molecule has 0 bridgehead atoms. The van der Waals surface area contributed by atoms with Crippen LogP contribution in [-0.2, 0) is 9.84 Å². The first-order valence-electron chi connectivity index (χ1n) is 6.04. The van der Waals surface area contributed by atoms with Gasteiger partial charge in [-0.15, -0.1) is 11.8 Å². The molecule has 0 amide bonds. The van der Waals surface area contributed by atoms with E-state index in [1.807, 2.05) is 0 Å². The lowest BCUT2D eigenvalue weighted by Gasteiger charge is -2.07. The Hall–Kier alpha value is -0.690. The van der Waals surface area contributed by atoms with Crippen LogP contribution in [0.15, 0.2) is 56.7 Å². The average molecular weight is 407 g/mol. The van der Waals surface area contributed by atoms with E-state index in [1.54, 1.807) is 42.5 Å². The smallest absolute Gasteiger partial charge is 0.179 e. The third-order valence-electron chi connectivity index (χ3n) is 2.75. The lowest BCUT2D eigenvalue weighted by molar-refractivity contribution is 0.597. The molecule has 112 valence electrons. The highest BCUT2D eigenvalue weighted by atomic mass is 79.9. The molecule has 0 saturated carbocycles. The van der Waals surface area contributed by atoms with E-state index in [9.17, 15) is 8.42 Å². The molecule has 0 aromatic heterocycles. The topological polar surface area (TPSA) is 60.2 Å². The number of hydrogen-bond donors (Lipinski definition) is 1. The van der Waals surface area contributed by atoms with E-state index in [4.69, 9.17) is 17.3 Å². The van der Waals surface area contributed by atoms with Gasteiger partial charge in [0.25, 0.3) is 0 Å². The van der Waals surface area contributed by atoms with Gasteiger partial charge >= 0.3 is 0 Å². The van der Waals surface area contributed by atoms with E-state index in [2.05, 4.69) is 15.9 Å². The summed E-state index contributed by atoms with van der Waals surface area (Å²) in [6, 6.07) is 11.8. The van der Waals surface area contributed by atoms with Crippen molar-refractivity contribution in [3.05, 3.63) is 52.0 Å². The first kappa shape index (κ1) is 16.7. The first-order valence-corrected chi connectivity index (χ1v) is 9.85. The van der Waals surface area contributed by atoms with Crippen LogP contribution >= 0.6 is 39.3 Å². The van der Waals surface area contributed by atoms with Crippen LogP contribution in [0, 0.1) is 0 Å². The van der Waals surface area contributed by atoms with Crippen LogP contribution in [0.1, 0.15) is 0 Å². The van der Waals surface area contributed by atoms with Crippen molar-refractivity contribution in [2.75, 3.05) is 17.2 Å². The summed E-state index contributed by atoms with van der Waals surface area (Å²) >= 11 is 10.5. The SMILES string of the molecule is Nc1cc(Cl)ccc1SCCS(=O)(=O)c1ccc(Br)cc1. The molecule has 0 unspecified atom stereocenters. The number of sulfone groups is 1. The van der Waals surface area contributed by atoms with Crippen molar-refractivity contribution in [2.24, 2.45) is 0 Å². The molecule has 2 aromatic rings. The molecule has 0 atom stereocenters. The van der Waals surface area contributed by atoms with Crippen LogP contribution in [0.2, 0.25) is 5.02 Å². The summed E-state index contributed by atoms with van der Waals surface area (Å²) in [6.07, 6.45) is 0. The lowest BCUT2D eigenvalue weighted by atomic mass is 10.3. The average Bonchev–Trinajstić information content (AvgIpc) is 2.41. The van der Waals surface area contributed by atoms with E-state index in [0.29, 0.717) is 21.4 Å². The Bertz CT molecular complexity index is 733. The number of benzene rings is 2. The Labute approximate surface area is 141 Å². The van der Waals surface area contributed by atoms with Crippen LogP contribution in [0.25, 0.3) is 0 Å². The van der Waals surface area contributed by atoms with E-state index >= 15 is 0 Å². The van der Waals surface area contributed by atoms with Gasteiger partial charge in [0.15, 0.2) is 9.84 Å². The number of hydrogen-bond acceptors (Lipinski definition) is 4. The normalized spacial score (nSPS) is 11.5. The van der Waals surface area contributed by atoms with Crippen molar-refractivity contribution >= 4 is 54.8 Å². The zero-order valence-electron chi connectivity index (χ0n) is 10.9. The second-order valence-electron chi connectivity index (χ2n) is 4.30. The first-order chi connectivity index (χ1) is 9.88. The van der Waals surface area contributed by atoms with Gasteiger partial charge in [-0.2, -0.15) is 0 Å². The number of nitrogens with two attached hydrogens (primary N) is 1. The molecule has 0 aliphatic carbocycles. The molecule has 2 rings (SSSR count). The fraction of sp³-hybridized carbons (Fsp3) is 0.143. The van der Waals surface area contributed by atoms with Gasteiger partial charge in [0.1, 0.15) is 0 Å². The van der Waals surface area contributed by atoms with Gasteiger partial charge in [-0.3, -0.25) is 0 Å². The zero-order chi connectivity index (χ0) is 15.5. The highest BCUT2D eigenvalue weighted by Gasteiger charge is 2.14. The standard InChI is InChI=1S/C14H13BrClNO2S2/c15-10-1-4-12(5-2-10)21(18,19)8-7-20-14-6-3-11(16)9-13(14)17/h1-6,9H,7-8,17H2. The Morgan fingerprint density at radius 2 is 1.81 bits per heavy atom. The minimum atomic E-state index is -3.28. The van der Waals surface area contributed by atoms with Crippen LogP contribution < -0.4 is 5.73 Å². The van der Waals surface area contributed by atoms with Gasteiger partial charge in [-0.05, 0) is 42.5 Å². The Balaban J connectivity index is 2.00. The maximum atomic E-state index is 12.2. The summed E-state index contributed by atoms with van der Waals surface area (Å²) in [4.78, 5) is 1.17. The third-order valence-corrected chi connectivity index (χ3v) is 6.60. The van der Waals surface area contributed by atoms with Crippen LogP contribution in [-0.4, -0.2) is 19.9 Å². The summed E-state index contributed by atoms with van der Waals surface area (Å²) in [5.74, 6) is 0.492. The lowest BCUT2D eigenvalue weighted by Crippen LogP contribution is -2.08. The molecule has 0 radical (unpaired) electrons. The third kappa shape index (κ3) is 4.64. The Morgan fingerprint density at radius 1 is 1.14 bits per heavy atom. The molecule has 0 aliphatic rings. The minimum Gasteiger partial charge on any atom is -0.398 e. The fourth-order valence-corrected chi connectivity index (χ4v) is 4.72. The second kappa shape index (κ2) is 7.05. The molecule has 0 aliphatic heterocycles. The van der Waals surface area contributed by atoms with Gasteiger partial charge in [0.05, 0.1) is 10.6 Å². The van der Waals surface area contributed by atoms with Crippen molar-refractivity contribution in [1.29, 1.82) is 0 Å². The minimum absolute atomic E-state index is 0.0569. The molecule has 2 aromatic carbocycles. The van der Waals surface area contributed by atoms with E-state index in [1.165, 1.54) is 11.8 Å². The molecule has 0 spiro atoms. The predicted molar refractivity (Wildman–Crippen MR) is 92.8 cm³/mol. The van der Waals surface area contributed by atoms with Gasteiger partial charge < -0.3 is 5.73 Å². The van der Waals surface area contributed by atoms with E-state index in [-0.39, 0.29) is 5.75 Å².